The first-order valence-corrected chi connectivity index (χ1v) is 6.34. The van der Waals surface area contributed by atoms with Crippen LogP contribution in [0.25, 0.3) is 10.1 Å². The fraction of sp³-hybridized carbons (Fsp3) is 0.167. The van der Waals surface area contributed by atoms with Crippen molar-refractivity contribution in [1.82, 2.24) is 0 Å². The summed E-state index contributed by atoms with van der Waals surface area (Å²) in [6.45, 7) is 1.96. The van der Waals surface area contributed by atoms with Crippen LogP contribution < -0.4 is 0 Å². The Kier molecular flexibility index (Phi) is 3.77. The number of ether oxygens (including phenoxy) is 1. The quantitative estimate of drug-likeness (QED) is 0.490. The molecule has 0 bridgehead atoms. The Bertz CT molecular complexity index is 659. The highest BCUT2D eigenvalue weighted by molar-refractivity contribution is 7.21. The van der Waals surface area contributed by atoms with E-state index in [1.807, 2.05) is 0 Å². The Labute approximate surface area is 112 Å². The number of halogens is 1. The molecule has 0 radical (unpaired) electrons. The molecule has 0 amide bonds. The van der Waals surface area contributed by atoms with Gasteiger partial charge in [-0.05, 0) is 19.1 Å². The van der Waals surface area contributed by atoms with E-state index < -0.39 is 5.97 Å². The Morgan fingerprint density at radius 3 is 3.00 bits per heavy atom. The summed E-state index contributed by atoms with van der Waals surface area (Å²) < 4.78 is 5.70. The van der Waals surface area contributed by atoms with E-state index in [9.17, 15) is 9.59 Å². The zero-order valence-corrected chi connectivity index (χ0v) is 11.0. The molecule has 1 heterocycles. The van der Waals surface area contributed by atoms with Crippen LogP contribution in [0, 0.1) is 0 Å². The summed E-state index contributed by atoms with van der Waals surface area (Å²) in [5, 5.41) is 1.02. The molecular weight excluding hydrogens is 274 g/mol. The Balaban J connectivity index is 2.73. The topological polar surface area (TPSA) is 55.7 Å². The molecule has 0 aliphatic carbocycles. The molecule has 0 aliphatic heterocycles. The number of hydrogen-bond donors (Lipinski definition) is 0. The van der Waals surface area contributed by atoms with Crippen molar-refractivity contribution in [2.45, 2.75) is 6.92 Å². The monoisotopic (exact) mass is 281 g/mol. The molecule has 92 valence electrons. The van der Waals surface area contributed by atoms with Crippen molar-refractivity contribution in [2.24, 2.45) is 4.99 Å². The van der Waals surface area contributed by atoms with Crippen LogP contribution in [0.15, 0.2) is 23.2 Å². The Hall–Kier alpha value is -1.68. The number of nitrogens with zero attached hydrogens (tertiary/aromatic N) is 1. The average Bonchev–Trinajstić information content (AvgIpc) is 2.70. The molecule has 0 atom stereocenters. The number of isocyanates is 1. The predicted molar refractivity (Wildman–Crippen MR) is 70.6 cm³/mol. The van der Waals surface area contributed by atoms with Gasteiger partial charge in [0.2, 0.25) is 6.08 Å². The Morgan fingerprint density at radius 1 is 1.56 bits per heavy atom. The van der Waals surface area contributed by atoms with Crippen molar-refractivity contribution in [1.29, 1.82) is 0 Å². The second-order valence-electron chi connectivity index (χ2n) is 3.32. The minimum absolute atomic E-state index is 0.231. The van der Waals surface area contributed by atoms with Crippen LogP contribution in [-0.2, 0) is 9.53 Å². The first-order chi connectivity index (χ1) is 8.69. The maximum atomic E-state index is 11.8. The van der Waals surface area contributed by atoms with Crippen LogP contribution in [0.3, 0.4) is 0 Å². The molecule has 1 aromatic heterocycles. The van der Waals surface area contributed by atoms with Crippen molar-refractivity contribution < 1.29 is 14.3 Å². The van der Waals surface area contributed by atoms with Gasteiger partial charge in [-0.1, -0.05) is 17.7 Å². The first kappa shape index (κ1) is 12.8. The summed E-state index contributed by atoms with van der Waals surface area (Å²) >= 11 is 7.25. The first-order valence-electron chi connectivity index (χ1n) is 5.15. The molecular formula is C12H8ClNO3S. The number of carbonyl (C=O) groups excluding carboxylic acids is 2. The second kappa shape index (κ2) is 5.31. The number of rotatable bonds is 3. The van der Waals surface area contributed by atoms with Crippen LogP contribution in [0.2, 0.25) is 5.02 Å². The molecule has 0 aliphatic rings. The van der Waals surface area contributed by atoms with Gasteiger partial charge in [-0.15, -0.1) is 11.3 Å². The van der Waals surface area contributed by atoms with Gasteiger partial charge < -0.3 is 4.74 Å². The molecule has 4 nitrogen and oxygen atoms in total. The average molecular weight is 282 g/mol. The summed E-state index contributed by atoms with van der Waals surface area (Å²) in [6.07, 6.45) is 1.44. The van der Waals surface area contributed by atoms with E-state index in [1.165, 1.54) is 17.4 Å². The number of benzene rings is 1. The molecule has 0 unspecified atom stereocenters. The zero-order chi connectivity index (χ0) is 13.1. The molecule has 0 saturated heterocycles. The van der Waals surface area contributed by atoms with Crippen molar-refractivity contribution >= 4 is 50.8 Å². The Morgan fingerprint density at radius 2 is 2.33 bits per heavy atom. The number of carbonyl (C=O) groups is 1. The minimum atomic E-state index is -0.510. The summed E-state index contributed by atoms with van der Waals surface area (Å²) in [6, 6.07) is 5.25. The van der Waals surface area contributed by atoms with Gasteiger partial charge in [0, 0.05) is 10.1 Å². The molecule has 2 aromatic rings. The number of hydrogen-bond acceptors (Lipinski definition) is 5. The summed E-state index contributed by atoms with van der Waals surface area (Å²) in [7, 11) is 0. The maximum Gasteiger partial charge on any atom is 0.350 e. The molecule has 6 heteroatoms. The lowest BCUT2D eigenvalue weighted by atomic mass is 10.2. The SMILES string of the molecule is CCOC(=O)c1sc2cccc(Cl)c2c1N=C=O. The van der Waals surface area contributed by atoms with Gasteiger partial charge in [0.05, 0.1) is 11.6 Å². The predicted octanol–water partition coefficient (Wildman–Crippen LogP) is 3.70. The van der Waals surface area contributed by atoms with Gasteiger partial charge in [0.25, 0.3) is 0 Å². The lowest BCUT2D eigenvalue weighted by Gasteiger charge is -1.99. The van der Waals surface area contributed by atoms with Crippen LogP contribution in [0.5, 0.6) is 0 Å². The molecule has 0 spiro atoms. The highest BCUT2D eigenvalue weighted by Crippen LogP contribution is 2.41. The van der Waals surface area contributed by atoms with Gasteiger partial charge in [0.1, 0.15) is 10.6 Å². The van der Waals surface area contributed by atoms with Crippen LogP contribution >= 0.6 is 22.9 Å². The third-order valence-corrected chi connectivity index (χ3v) is 3.70. The zero-order valence-electron chi connectivity index (χ0n) is 9.40. The van der Waals surface area contributed by atoms with Crippen molar-refractivity contribution in [3.05, 3.63) is 28.1 Å². The van der Waals surface area contributed by atoms with Gasteiger partial charge in [-0.2, -0.15) is 4.99 Å². The molecule has 1 aromatic carbocycles. The lowest BCUT2D eigenvalue weighted by molar-refractivity contribution is 0.0533. The molecule has 0 N–H and O–H groups in total. The third kappa shape index (κ3) is 2.16. The number of fused-ring (bicyclic) bond motifs is 1. The largest absolute Gasteiger partial charge is 0.462 e. The molecule has 2 rings (SSSR count). The van der Waals surface area contributed by atoms with E-state index >= 15 is 0 Å². The summed E-state index contributed by atoms with van der Waals surface area (Å²) in [4.78, 5) is 26.1. The maximum absolute atomic E-state index is 11.8. The molecule has 18 heavy (non-hydrogen) atoms. The fourth-order valence-corrected chi connectivity index (χ4v) is 2.96. The van der Waals surface area contributed by atoms with Crippen molar-refractivity contribution in [3.8, 4) is 0 Å². The highest BCUT2D eigenvalue weighted by atomic mass is 35.5. The van der Waals surface area contributed by atoms with Crippen molar-refractivity contribution in [3.63, 3.8) is 0 Å². The van der Waals surface area contributed by atoms with Crippen LogP contribution in [0.1, 0.15) is 16.6 Å². The third-order valence-electron chi connectivity index (χ3n) is 2.26. The number of aliphatic imine (C=N–C) groups is 1. The van der Waals surface area contributed by atoms with E-state index in [4.69, 9.17) is 16.3 Å². The summed E-state index contributed by atoms with van der Waals surface area (Å²) in [5.41, 5.74) is 0.231. The normalized spacial score (nSPS) is 10.1. The van der Waals surface area contributed by atoms with E-state index in [-0.39, 0.29) is 17.2 Å². The number of thiophene rings is 1. The standard InChI is InChI=1S/C12H8ClNO3S/c1-2-17-12(16)11-10(14-6-15)9-7(13)4-3-5-8(9)18-11/h3-5H,2H2,1H3. The van der Waals surface area contributed by atoms with Gasteiger partial charge in [-0.3, -0.25) is 0 Å². The molecule has 0 fully saturated rings. The van der Waals surface area contributed by atoms with Gasteiger partial charge in [0.15, 0.2) is 0 Å². The minimum Gasteiger partial charge on any atom is -0.462 e. The summed E-state index contributed by atoms with van der Waals surface area (Å²) in [5.74, 6) is -0.510. The number of esters is 1. The lowest BCUT2D eigenvalue weighted by Crippen LogP contribution is -2.02. The van der Waals surface area contributed by atoms with Crippen LogP contribution in [-0.4, -0.2) is 18.7 Å². The van der Waals surface area contributed by atoms with Gasteiger partial charge >= 0.3 is 5.97 Å². The van der Waals surface area contributed by atoms with E-state index in [0.29, 0.717) is 10.4 Å². The molecule has 0 saturated carbocycles. The second-order valence-corrected chi connectivity index (χ2v) is 4.78. The van der Waals surface area contributed by atoms with E-state index in [1.54, 1.807) is 25.1 Å². The van der Waals surface area contributed by atoms with Gasteiger partial charge in [-0.25, -0.2) is 9.59 Å². The fourth-order valence-electron chi connectivity index (χ4n) is 1.58. The van der Waals surface area contributed by atoms with Crippen LogP contribution in [0.4, 0.5) is 5.69 Å². The van der Waals surface area contributed by atoms with E-state index in [2.05, 4.69) is 4.99 Å². The van der Waals surface area contributed by atoms with E-state index in [0.717, 1.165) is 4.70 Å². The smallest absolute Gasteiger partial charge is 0.350 e. The highest BCUT2D eigenvalue weighted by Gasteiger charge is 2.20. The van der Waals surface area contributed by atoms with Crippen molar-refractivity contribution in [2.75, 3.05) is 6.61 Å².